The lowest BCUT2D eigenvalue weighted by molar-refractivity contribution is -0.148. The average Bonchev–Trinajstić information content (AvgIpc) is 2.30. The molecule has 0 fully saturated rings. The predicted molar refractivity (Wildman–Crippen MR) is 70.5 cm³/mol. The fourth-order valence-corrected chi connectivity index (χ4v) is 1.75. The molecule has 0 saturated heterocycles. The van der Waals surface area contributed by atoms with Crippen molar-refractivity contribution in [3.05, 3.63) is 12.2 Å². The van der Waals surface area contributed by atoms with E-state index in [1.807, 2.05) is 6.08 Å². The first-order valence-electron chi connectivity index (χ1n) is 6.67. The number of unbranched alkanes of at least 4 members (excludes halogenated alkanes) is 4. The second-order valence-electron chi connectivity index (χ2n) is 4.53. The molecule has 1 unspecified atom stereocenters. The SMILES string of the molecule is CCCCCC/C=C/CCC(CC(=O)O)C(=O)O. The molecule has 0 aromatic carbocycles. The van der Waals surface area contributed by atoms with Crippen molar-refractivity contribution in [2.75, 3.05) is 0 Å². The first-order valence-corrected chi connectivity index (χ1v) is 6.67. The maximum Gasteiger partial charge on any atom is 0.307 e. The first-order chi connectivity index (χ1) is 8.57. The fourth-order valence-electron chi connectivity index (χ4n) is 1.75. The maximum atomic E-state index is 10.8. The molecule has 0 aliphatic rings. The lowest BCUT2D eigenvalue weighted by Gasteiger charge is -2.07. The van der Waals surface area contributed by atoms with Crippen LogP contribution in [-0.4, -0.2) is 22.2 Å². The Balaban J connectivity index is 3.68. The van der Waals surface area contributed by atoms with Crippen LogP contribution in [0.2, 0.25) is 0 Å². The number of rotatable bonds is 11. The number of carboxylic acid groups (broad SMARTS) is 2. The molecule has 104 valence electrons. The molecule has 18 heavy (non-hydrogen) atoms. The summed E-state index contributed by atoms with van der Waals surface area (Å²) >= 11 is 0. The molecule has 0 aromatic heterocycles. The summed E-state index contributed by atoms with van der Waals surface area (Å²) in [6.45, 7) is 2.17. The van der Waals surface area contributed by atoms with Gasteiger partial charge in [-0.25, -0.2) is 0 Å². The third-order valence-corrected chi connectivity index (χ3v) is 2.84. The van der Waals surface area contributed by atoms with Crippen molar-refractivity contribution in [1.82, 2.24) is 0 Å². The topological polar surface area (TPSA) is 74.6 Å². The average molecular weight is 256 g/mol. The Kier molecular flexibility index (Phi) is 10.0. The van der Waals surface area contributed by atoms with Crippen LogP contribution >= 0.6 is 0 Å². The number of allylic oxidation sites excluding steroid dienone is 2. The summed E-state index contributed by atoms with van der Waals surface area (Å²) in [5.74, 6) is -2.84. The van der Waals surface area contributed by atoms with E-state index in [1.54, 1.807) is 0 Å². The predicted octanol–water partition coefficient (Wildman–Crippen LogP) is 3.47. The lowest BCUT2D eigenvalue weighted by atomic mass is 9.99. The van der Waals surface area contributed by atoms with E-state index in [2.05, 4.69) is 13.0 Å². The molecule has 4 nitrogen and oxygen atoms in total. The van der Waals surface area contributed by atoms with Crippen LogP contribution in [0, 0.1) is 5.92 Å². The van der Waals surface area contributed by atoms with Crippen LogP contribution in [0.1, 0.15) is 58.3 Å². The van der Waals surface area contributed by atoms with Gasteiger partial charge in [0, 0.05) is 0 Å². The molecule has 0 aliphatic carbocycles. The van der Waals surface area contributed by atoms with Crippen LogP contribution in [0.4, 0.5) is 0 Å². The lowest BCUT2D eigenvalue weighted by Crippen LogP contribution is -2.17. The highest BCUT2D eigenvalue weighted by Gasteiger charge is 2.19. The summed E-state index contributed by atoms with van der Waals surface area (Å²) in [7, 11) is 0. The van der Waals surface area contributed by atoms with E-state index in [0.29, 0.717) is 12.8 Å². The van der Waals surface area contributed by atoms with Crippen molar-refractivity contribution >= 4 is 11.9 Å². The molecule has 0 saturated carbocycles. The molecule has 0 aromatic rings. The highest BCUT2D eigenvalue weighted by molar-refractivity contribution is 5.77. The monoisotopic (exact) mass is 256 g/mol. The smallest absolute Gasteiger partial charge is 0.307 e. The Morgan fingerprint density at radius 2 is 1.72 bits per heavy atom. The highest BCUT2D eigenvalue weighted by Crippen LogP contribution is 2.12. The largest absolute Gasteiger partial charge is 0.481 e. The molecule has 0 spiro atoms. The quantitative estimate of drug-likeness (QED) is 0.438. The van der Waals surface area contributed by atoms with Gasteiger partial charge in [-0.3, -0.25) is 9.59 Å². The van der Waals surface area contributed by atoms with Crippen LogP contribution in [0.25, 0.3) is 0 Å². The molecular weight excluding hydrogens is 232 g/mol. The summed E-state index contributed by atoms with van der Waals surface area (Å²) in [6.07, 6.45) is 10.7. The van der Waals surface area contributed by atoms with E-state index in [0.717, 1.165) is 6.42 Å². The van der Waals surface area contributed by atoms with Crippen LogP contribution < -0.4 is 0 Å². The van der Waals surface area contributed by atoms with Gasteiger partial charge in [0.05, 0.1) is 12.3 Å². The molecule has 0 aliphatic heterocycles. The van der Waals surface area contributed by atoms with Crippen LogP contribution in [0.15, 0.2) is 12.2 Å². The standard InChI is InChI=1S/C14H24O4/c1-2-3-4-5-6-7-8-9-10-12(14(17)18)11-13(15)16/h7-8,12H,2-6,9-11H2,1H3,(H,15,16)(H,17,18)/b8-7+. The molecule has 4 heteroatoms. The second-order valence-corrected chi connectivity index (χ2v) is 4.53. The zero-order chi connectivity index (χ0) is 13.8. The second kappa shape index (κ2) is 10.8. The number of hydrogen-bond donors (Lipinski definition) is 2. The van der Waals surface area contributed by atoms with Gasteiger partial charge in [0.15, 0.2) is 0 Å². The van der Waals surface area contributed by atoms with E-state index in [-0.39, 0.29) is 6.42 Å². The van der Waals surface area contributed by atoms with Crippen molar-refractivity contribution in [1.29, 1.82) is 0 Å². The van der Waals surface area contributed by atoms with Crippen molar-refractivity contribution in [2.45, 2.75) is 58.3 Å². The Morgan fingerprint density at radius 1 is 1.06 bits per heavy atom. The van der Waals surface area contributed by atoms with Crippen molar-refractivity contribution in [3.63, 3.8) is 0 Å². The minimum atomic E-state index is -1.05. The Morgan fingerprint density at radius 3 is 2.28 bits per heavy atom. The van der Waals surface area contributed by atoms with Gasteiger partial charge in [0.1, 0.15) is 0 Å². The van der Waals surface area contributed by atoms with Crippen LogP contribution in [0.3, 0.4) is 0 Å². The Bertz CT molecular complexity index is 271. The van der Waals surface area contributed by atoms with E-state index in [4.69, 9.17) is 10.2 Å². The molecule has 2 N–H and O–H groups in total. The van der Waals surface area contributed by atoms with Crippen LogP contribution in [-0.2, 0) is 9.59 Å². The van der Waals surface area contributed by atoms with Crippen molar-refractivity contribution in [3.8, 4) is 0 Å². The van der Waals surface area contributed by atoms with Gasteiger partial charge in [-0.1, -0.05) is 38.3 Å². The molecule has 0 bridgehead atoms. The van der Waals surface area contributed by atoms with Crippen LogP contribution in [0.5, 0.6) is 0 Å². The number of aliphatic carboxylic acids is 2. The number of hydrogen-bond acceptors (Lipinski definition) is 2. The van der Waals surface area contributed by atoms with Gasteiger partial charge in [0.25, 0.3) is 0 Å². The normalized spacial score (nSPS) is 12.7. The van der Waals surface area contributed by atoms with Gasteiger partial charge in [-0.2, -0.15) is 0 Å². The van der Waals surface area contributed by atoms with Crippen molar-refractivity contribution in [2.24, 2.45) is 5.92 Å². The number of carbonyl (C=O) groups is 2. The third-order valence-electron chi connectivity index (χ3n) is 2.84. The molecule has 0 amide bonds. The molecule has 0 radical (unpaired) electrons. The highest BCUT2D eigenvalue weighted by atomic mass is 16.4. The van der Waals surface area contributed by atoms with Gasteiger partial charge in [0.2, 0.25) is 0 Å². The summed E-state index contributed by atoms with van der Waals surface area (Å²) < 4.78 is 0. The number of carboxylic acids is 2. The van der Waals surface area contributed by atoms with Crippen molar-refractivity contribution < 1.29 is 19.8 Å². The molecular formula is C14H24O4. The first kappa shape index (κ1) is 16.7. The van der Waals surface area contributed by atoms with E-state index < -0.39 is 17.9 Å². The Hall–Kier alpha value is -1.32. The minimum absolute atomic E-state index is 0.292. The van der Waals surface area contributed by atoms with Gasteiger partial charge in [-0.15, -0.1) is 0 Å². The van der Waals surface area contributed by atoms with Gasteiger partial charge >= 0.3 is 11.9 Å². The summed E-state index contributed by atoms with van der Waals surface area (Å²) in [6, 6.07) is 0. The minimum Gasteiger partial charge on any atom is -0.481 e. The zero-order valence-corrected chi connectivity index (χ0v) is 11.1. The summed E-state index contributed by atoms with van der Waals surface area (Å²) in [4.78, 5) is 21.3. The van der Waals surface area contributed by atoms with Gasteiger partial charge < -0.3 is 10.2 Å². The summed E-state index contributed by atoms with van der Waals surface area (Å²) in [5, 5.41) is 17.4. The molecule has 0 heterocycles. The van der Waals surface area contributed by atoms with E-state index in [9.17, 15) is 9.59 Å². The molecule has 0 rings (SSSR count). The Labute approximate surface area is 109 Å². The third kappa shape index (κ3) is 9.87. The summed E-state index contributed by atoms with van der Waals surface area (Å²) in [5.41, 5.74) is 0. The molecule has 1 atom stereocenters. The maximum absolute atomic E-state index is 10.8. The van der Waals surface area contributed by atoms with E-state index >= 15 is 0 Å². The van der Waals surface area contributed by atoms with Gasteiger partial charge in [-0.05, 0) is 25.7 Å². The van der Waals surface area contributed by atoms with E-state index in [1.165, 1.54) is 25.7 Å². The zero-order valence-electron chi connectivity index (χ0n) is 11.1. The fraction of sp³-hybridized carbons (Fsp3) is 0.714.